The van der Waals surface area contributed by atoms with Crippen LogP contribution in [0.15, 0.2) is 24.3 Å². The Hall–Kier alpha value is -0.560. The molecule has 0 radical (unpaired) electrons. The first kappa shape index (κ1) is 7.44. The molecule has 0 rings (SSSR count). The lowest BCUT2D eigenvalue weighted by atomic mass is 10.3. The molecule has 0 aliphatic carbocycles. The van der Waals surface area contributed by atoms with Crippen LogP contribution in [-0.2, 0) is 0 Å². The van der Waals surface area contributed by atoms with Gasteiger partial charge >= 0.3 is 0 Å². The van der Waals surface area contributed by atoms with Gasteiger partial charge in [0.1, 0.15) is 0 Å². The van der Waals surface area contributed by atoms with Crippen LogP contribution in [0.5, 0.6) is 0 Å². The molecule has 0 aromatic carbocycles. The molecule has 0 fully saturated rings. The van der Waals surface area contributed by atoms with E-state index in [-0.39, 0.29) is 0 Å². The monoisotopic (exact) mass is 111 g/mol. The summed E-state index contributed by atoms with van der Waals surface area (Å²) in [6, 6.07) is 0. The van der Waals surface area contributed by atoms with Crippen molar-refractivity contribution < 1.29 is 0 Å². The number of nitrogens with two attached hydrogens (primary N) is 1. The van der Waals surface area contributed by atoms with Gasteiger partial charge < -0.3 is 5.73 Å². The maximum atomic E-state index is 5.20. The average molecular weight is 111 g/mol. The molecule has 0 amide bonds. The van der Waals surface area contributed by atoms with E-state index in [0.29, 0.717) is 6.54 Å². The Morgan fingerprint density at radius 3 is 2.50 bits per heavy atom. The van der Waals surface area contributed by atoms with Crippen LogP contribution in [0.2, 0.25) is 0 Å². The van der Waals surface area contributed by atoms with E-state index >= 15 is 0 Å². The maximum Gasteiger partial charge on any atom is 0.0106 e. The summed E-state index contributed by atoms with van der Waals surface area (Å²) in [5.41, 5.74) is 5.20. The third kappa shape index (κ3) is 5.44. The molecule has 0 heterocycles. The van der Waals surface area contributed by atoms with E-state index in [4.69, 9.17) is 5.73 Å². The minimum Gasteiger partial charge on any atom is -0.327 e. The molecule has 0 atom stereocenters. The van der Waals surface area contributed by atoms with Crippen molar-refractivity contribution in [1.29, 1.82) is 0 Å². The van der Waals surface area contributed by atoms with Crippen LogP contribution in [0.1, 0.15) is 13.3 Å². The maximum absolute atomic E-state index is 5.20. The smallest absolute Gasteiger partial charge is 0.0106 e. The number of allylic oxidation sites excluding steroid dienone is 3. The summed E-state index contributed by atoms with van der Waals surface area (Å²) in [7, 11) is 0. The Bertz CT molecular complexity index is 82.4. The van der Waals surface area contributed by atoms with Crippen molar-refractivity contribution in [1.82, 2.24) is 0 Å². The molecule has 1 heteroatoms. The van der Waals surface area contributed by atoms with Gasteiger partial charge in [-0.05, 0) is 13.3 Å². The molecule has 0 aliphatic rings. The van der Waals surface area contributed by atoms with E-state index in [0.717, 1.165) is 6.42 Å². The highest BCUT2D eigenvalue weighted by molar-refractivity contribution is 4.91. The normalized spacial score (nSPS) is 11.8. The van der Waals surface area contributed by atoms with Gasteiger partial charge in [0.2, 0.25) is 0 Å². The fraction of sp³-hybridized carbons (Fsp3) is 0.429. The molecule has 0 aromatic heterocycles. The predicted molar refractivity (Wildman–Crippen MR) is 37.6 cm³/mol. The van der Waals surface area contributed by atoms with E-state index in [9.17, 15) is 0 Å². The van der Waals surface area contributed by atoms with Gasteiger partial charge in [0, 0.05) is 6.54 Å². The zero-order valence-corrected chi connectivity index (χ0v) is 5.30. The van der Waals surface area contributed by atoms with Gasteiger partial charge in [-0.15, -0.1) is 0 Å². The Morgan fingerprint density at radius 1 is 1.25 bits per heavy atom. The number of rotatable bonds is 3. The van der Waals surface area contributed by atoms with E-state index in [2.05, 4.69) is 12.2 Å². The van der Waals surface area contributed by atoms with Crippen LogP contribution >= 0.6 is 0 Å². The first-order valence-electron chi connectivity index (χ1n) is 2.88. The molecule has 2 N–H and O–H groups in total. The number of hydrogen-bond acceptors (Lipinski definition) is 1. The lowest BCUT2D eigenvalue weighted by Crippen LogP contribution is -1.91. The Balaban J connectivity index is 3.03. The highest BCUT2D eigenvalue weighted by atomic mass is 14.5. The van der Waals surface area contributed by atoms with Crippen LogP contribution in [0.3, 0.4) is 0 Å². The van der Waals surface area contributed by atoms with E-state index in [1.54, 1.807) is 0 Å². The minimum atomic E-state index is 0.650. The summed E-state index contributed by atoms with van der Waals surface area (Å²) in [5.74, 6) is 0. The van der Waals surface area contributed by atoms with Crippen molar-refractivity contribution in [2.75, 3.05) is 6.54 Å². The van der Waals surface area contributed by atoms with Gasteiger partial charge in [0.05, 0.1) is 0 Å². The lowest BCUT2D eigenvalue weighted by Gasteiger charge is -1.77. The molecule has 0 spiro atoms. The Labute approximate surface area is 50.9 Å². The van der Waals surface area contributed by atoms with Crippen LogP contribution in [-0.4, -0.2) is 6.54 Å². The second-order valence-corrected chi connectivity index (χ2v) is 1.51. The summed E-state index contributed by atoms with van der Waals surface area (Å²) < 4.78 is 0. The summed E-state index contributed by atoms with van der Waals surface area (Å²) in [6.07, 6.45) is 9.14. The van der Waals surface area contributed by atoms with Gasteiger partial charge in [-0.1, -0.05) is 24.3 Å². The first-order valence-corrected chi connectivity index (χ1v) is 2.88. The van der Waals surface area contributed by atoms with Gasteiger partial charge in [0.15, 0.2) is 0 Å². The topological polar surface area (TPSA) is 26.0 Å². The van der Waals surface area contributed by atoms with Gasteiger partial charge in [-0.25, -0.2) is 0 Å². The van der Waals surface area contributed by atoms with Crippen molar-refractivity contribution in [3.8, 4) is 0 Å². The average Bonchev–Trinajstić information content (AvgIpc) is 1.81. The van der Waals surface area contributed by atoms with Crippen molar-refractivity contribution >= 4 is 0 Å². The molecule has 1 nitrogen and oxygen atoms in total. The second-order valence-electron chi connectivity index (χ2n) is 1.51. The second kappa shape index (κ2) is 6.44. The van der Waals surface area contributed by atoms with E-state index < -0.39 is 0 Å². The standard InChI is InChI=1S/C7H13N/c1-2-3-4-5-6-7-8/h2-3,5-6H,4,7-8H2,1H3. The zero-order chi connectivity index (χ0) is 6.24. The van der Waals surface area contributed by atoms with Gasteiger partial charge in [-0.2, -0.15) is 0 Å². The quantitative estimate of drug-likeness (QED) is 0.548. The third-order valence-corrected chi connectivity index (χ3v) is 0.811. The summed E-state index contributed by atoms with van der Waals surface area (Å²) in [4.78, 5) is 0. The lowest BCUT2D eigenvalue weighted by molar-refractivity contribution is 1.23. The Kier molecular flexibility index (Phi) is 5.99. The van der Waals surface area contributed by atoms with Crippen LogP contribution < -0.4 is 5.73 Å². The largest absolute Gasteiger partial charge is 0.327 e. The highest BCUT2D eigenvalue weighted by Gasteiger charge is 1.65. The van der Waals surface area contributed by atoms with E-state index in [1.165, 1.54) is 0 Å². The zero-order valence-electron chi connectivity index (χ0n) is 5.30. The summed E-state index contributed by atoms with van der Waals surface area (Å²) in [6.45, 7) is 2.66. The van der Waals surface area contributed by atoms with Crippen molar-refractivity contribution in [2.24, 2.45) is 5.73 Å². The Morgan fingerprint density at radius 2 is 2.00 bits per heavy atom. The van der Waals surface area contributed by atoms with Gasteiger partial charge in [0.25, 0.3) is 0 Å². The fourth-order valence-electron chi connectivity index (χ4n) is 0.407. The van der Waals surface area contributed by atoms with E-state index in [1.807, 2.05) is 19.1 Å². The molecule has 0 unspecified atom stereocenters. The molecule has 0 bridgehead atoms. The van der Waals surface area contributed by atoms with Crippen LogP contribution in [0.4, 0.5) is 0 Å². The van der Waals surface area contributed by atoms with Crippen LogP contribution in [0.25, 0.3) is 0 Å². The fourth-order valence-corrected chi connectivity index (χ4v) is 0.407. The molecule has 0 saturated carbocycles. The first-order chi connectivity index (χ1) is 3.91. The van der Waals surface area contributed by atoms with Crippen LogP contribution in [0, 0.1) is 0 Å². The van der Waals surface area contributed by atoms with Crippen molar-refractivity contribution in [3.63, 3.8) is 0 Å². The van der Waals surface area contributed by atoms with Gasteiger partial charge in [-0.3, -0.25) is 0 Å². The third-order valence-electron chi connectivity index (χ3n) is 0.811. The highest BCUT2D eigenvalue weighted by Crippen LogP contribution is 1.82. The number of hydrogen-bond donors (Lipinski definition) is 1. The molecule has 0 aromatic rings. The molecule has 0 aliphatic heterocycles. The molecule has 0 saturated heterocycles. The SMILES string of the molecule is CC=CCC=CCN. The van der Waals surface area contributed by atoms with Crippen molar-refractivity contribution in [2.45, 2.75) is 13.3 Å². The molecule has 8 heavy (non-hydrogen) atoms. The van der Waals surface area contributed by atoms with Crippen molar-refractivity contribution in [3.05, 3.63) is 24.3 Å². The molecule has 46 valence electrons. The summed E-state index contributed by atoms with van der Waals surface area (Å²) >= 11 is 0. The minimum absolute atomic E-state index is 0.650. The molecular weight excluding hydrogens is 98.1 g/mol. The molecular formula is C7H13N. The predicted octanol–water partition coefficient (Wildman–Crippen LogP) is 1.47. The summed E-state index contributed by atoms with van der Waals surface area (Å²) in [5, 5.41) is 0.